The van der Waals surface area contributed by atoms with Gasteiger partial charge in [-0.05, 0) is 47.7 Å². The summed E-state index contributed by atoms with van der Waals surface area (Å²) in [5.41, 5.74) is 3.85. The molecule has 0 fully saturated rings. The highest BCUT2D eigenvalue weighted by atomic mass is 19.1. The van der Waals surface area contributed by atoms with Gasteiger partial charge in [-0.3, -0.25) is 9.59 Å². The van der Waals surface area contributed by atoms with Crippen LogP contribution < -0.4 is 4.74 Å². The Bertz CT molecular complexity index is 1400. The Morgan fingerprint density at radius 3 is 2.33 bits per heavy atom. The zero-order valence-electron chi connectivity index (χ0n) is 22.8. The topological polar surface area (TPSA) is 65.6 Å². The zero-order chi connectivity index (χ0) is 27.8. The van der Waals surface area contributed by atoms with Gasteiger partial charge < -0.3 is 19.5 Å². The van der Waals surface area contributed by atoms with Crippen LogP contribution in [0.4, 0.5) is 4.39 Å². The number of aromatic amines is 1. The molecule has 0 aliphatic carbocycles. The molecule has 0 radical (unpaired) electrons. The van der Waals surface area contributed by atoms with Crippen molar-refractivity contribution in [3.8, 4) is 5.75 Å². The number of benzene rings is 3. The van der Waals surface area contributed by atoms with Crippen molar-refractivity contribution < 1.29 is 18.7 Å². The third-order valence-corrected chi connectivity index (χ3v) is 6.78. The number of fused-ring (bicyclic) bond motifs is 1. The lowest BCUT2D eigenvalue weighted by Crippen LogP contribution is -2.43. The fourth-order valence-electron chi connectivity index (χ4n) is 4.71. The van der Waals surface area contributed by atoms with Gasteiger partial charge in [0.25, 0.3) is 0 Å². The first-order valence-corrected chi connectivity index (χ1v) is 13.3. The van der Waals surface area contributed by atoms with Gasteiger partial charge in [-0.15, -0.1) is 0 Å². The molecule has 39 heavy (non-hydrogen) atoms. The van der Waals surface area contributed by atoms with Crippen molar-refractivity contribution in [1.82, 2.24) is 14.8 Å². The number of nitrogens with one attached hydrogen (secondary N) is 1. The van der Waals surface area contributed by atoms with Gasteiger partial charge in [0.15, 0.2) is 0 Å². The minimum atomic E-state index is -0.338. The largest absolute Gasteiger partial charge is 0.496 e. The molecular formula is C32H36FN3O3. The summed E-state index contributed by atoms with van der Waals surface area (Å²) in [6.45, 7) is 4.96. The maximum absolute atomic E-state index is 13.8. The van der Waals surface area contributed by atoms with Crippen molar-refractivity contribution >= 4 is 22.7 Å². The number of H-pyrrole nitrogens is 1. The number of amides is 2. The van der Waals surface area contributed by atoms with Gasteiger partial charge >= 0.3 is 0 Å². The summed E-state index contributed by atoms with van der Waals surface area (Å²) >= 11 is 0. The zero-order valence-corrected chi connectivity index (χ0v) is 22.8. The molecule has 0 bridgehead atoms. The smallest absolute Gasteiger partial charge is 0.242 e. The second-order valence-electron chi connectivity index (χ2n) is 10.2. The maximum Gasteiger partial charge on any atom is 0.242 e. The van der Waals surface area contributed by atoms with Gasteiger partial charge in [-0.25, -0.2) is 4.39 Å². The first-order valence-electron chi connectivity index (χ1n) is 13.3. The summed E-state index contributed by atoms with van der Waals surface area (Å²) in [6.07, 6.45) is 2.97. The van der Waals surface area contributed by atoms with Crippen LogP contribution in [0.15, 0.2) is 79.0 Å². The van der Waals surface area contributed by atoms with Crippen molar-refractivity contribution in [3.05, 3.63) is 102 Å². The summed E-state index contributed by atoms with van der Waals surface area (Å²) in [4.78, 5) is 33.7. The normalized spacial score (nSPS) is 11.1. The predicted molar refractivity (Wildman–Crippen MR) is 152 cm³/mol. The quantitative estimate of drug-likeness (QED) is 0.246. The van der Waals surface area contributed by atoms with Crippen molar-refractivity contribution in [2.24, 2.45) is 5.92 Å². The van der Waals surface area contributed by atoms with Crippen molar-refractivity contribution in [1.29, 1.82) is 0 Å². The maximum atomic E-state index is 13.8. The molecule has 0 saturated carbocycles. The fraction of sp³-hybridized carbons (Fsp3) is 0.312. The molecule has 4 rings (SSSR count). The van der Waals surface area contributed by atoms with Crippen LogP contribution in [-0.4, -0.2) is 46.8 Å². The molecule has 6 nitrogen and oxygen atoms in total. The summed E-state index contributed by atoms with van der Waals surface area (Å²) < 4.78 is 19.0. The van der Waals surface area contributed by atoms with Gasteiger partial charge in [-0.2, -0.15) is 0 Å². The van der Waals surface area contributed by atoms with E-state index in [0.717, 1.165) is 27.6 Å². The lowest BCUT2D eigenvalue weighted by Gasteiger charge is -2.29. The highest BCUT2D eigenvalue weighted by Gasteiger charge is 2.23. The van der Waals surface area contributed by atoms with Crippen LogP contribution >= 0.6 is 0 Å². The molecule has 4 aromatic rings. The molecule has 0 atom stereocenters. The van der Waals surface area contributed by atoms with Crippen molar-refractivity contribution in [3.63, 3.8) is 0 Å². The van der Waals surface area contributed by atoms with E-state index in [1.807, 2.05) is 62.5 Å². The van der Waals surface area contributed by atoms with Gasteiger partial charge in [0, 0.05) is 48.7 Å². The molecule has 0 aliphatic rings. The molecule has 0 aliphatic heterocycles. The van der Waals surface area contributed by atoms with E-state index in [2.05, 4.69) is 11.1 Å². The molecule has 1 N–H and O–H groups in total. The number of carbonyl (C=O) groups is 2. The lowest BCUT2D eigenvalue weighted by atomic mass is 10.1. The summed E-state index contributed by atoms with van der Waals surface area (Å²) in [7, 11) is 1.62. The molecule has 3 aromatic carbocycles. The van der Waals surface area contributed by atoms with Crippen LogP contribution in [0.25, 0.3) is 10.9 Å². The monoisotopic (exact) mass is 529 g/mol. The SMILES string of the molecule is COc1ccccc1CN(CCc1c[nH]c2ccccc12)C(=O)CN(Cc1ccc(F)cc1)C(=O)CC(C)C. The Balaban J connectivity index is 1.57. The number of methoxy groups -OCH3 is 1. The lowest BCUT2D eigenvalue weighted by molar-refractivity contribution is -0.141. The van der Waals surface area contributed by atoms with Gasteiger partial charge in [0.05, 0.1) is 7.11 Å². The van der Waals surface area contributed by atoms with Crippen LogP contribution in [0, 0.1) is 11.7 Å². The first kappa shape index (κ1) is 27.9. The third-order valence-electron chi connectivity index (χ3n) is 6.78. The molecule has 7 heteroatoms. The van der Waals surface area contributed by atoms with E-state index < -0.39 is 0 Å². The van der Waals surface area contributed by atoms with E-state index in [1.165, 1.54) is 12.1 Å². The molecule has 1 heterocycles. The molecular weight excluding hydrogens is 493 g/mol. The van der Waals surface area contributed by atoms with E-state index in [0.29, 0.717) is 31.7 Å². The fourth-order valence-corrected chi connectivity index (χ4v) is 4.71. The minimum absolute atomic E-state index is 0.0635. The average molecular weight is 530 g/mol. The van der Waals surface area contributed by atoms with E-state index in [-0.39, 0.29) is 36.6 Å². The van der Waals surface area contributed by atoms with Gasteiger partial charge in [0.1, 0.15) is 18.1 Å². The number of aromatic nitrogens is 1. The average Bonchev–Trinajstić information content (AvgIpc) is 3.34. The number of halogens is 1. The summed E-state index contributed by atoms with van der Waals surface area (Å²) in [5, 5.41) is 1.13. The van der Waals surface area contributed by atoms with Crippen LogP contribution in [0.5, 0.6) is 5.75 Å². The van der Waals surface area contributed by atoms with E-state index in [9.17, 15) is 14.0 Å². The molecule has 1 aromatic heterocycles. The third kappa shape index (κ3) is 7.47. The van der Waals surface area contributed by atoms with Crippen LogP contribution in [-0.2, 0) is 29.1 Å². The Morgan fingerprint density at radius 2 is 1.59 bits per heavy atom. The second-order valence-corrected chi connectivity index (χ2v) is 10.2. The summed E-state index contributed by atoms with van der Waals surface area (Å²) in [6, 6.07) is 21.8. The van der Waals surface area contributed by atoms with Crippen LogP contribution in [0.3, 0.4) is 0 Å². The highest BCUT2D eigenvalue weighted by Crippen LogP contribution is 2.22. The molecule has 0 saturated heterocycles. The standard InChI is InChI=1S/C32H36FN3O3/c1-23(2)18-31(37)36(20-24-12-14-27(33)15-13-24)22-32(38)35(21-26-8-4-7-11-30(26)39-3)17-16-25-19-34-29-10-6-5-9-28(25)29/h4-15,19,23,34H,16-18,20-22H2,1-3H3. The highest BCUT2D eigenvalue weighted by molar-refractivity contribution is 5.85. The minimum Gasteiger partial charge on any atom is -0.496 e. The number of rotatable bonds is 12. The Labute approximate surface area is 229 Å². The molecule has 0 unspecified atom stereocenters. The van der Waals surface area contributed by atoms with E-state index in [1.54, 1.807) is 29.0 Å². The number of carbonyl (C=O) groups excluding carboxylic acids is 2. The molecule has 0 spiro atoms. The predicted octanol–water partition coefficient (Wildman–Crippen LogP) is 5.96. The van der Waals surface area contributed by atoms with Crippen molar-refractivity contribution in [2.75, 3.05) is 20.2 Å². The van der Waals surface area contributed by atoms with E-state index >= 15 is 0 Å². The first-order chi connectivity index (χ1) is 18.8. The number of hydrogen-bond acceptors (Lipinski definition) is 3. The van der Waals surface area contributed by atoms with Crippen molar-refractivity contribution in [2.45, 2.75) is 39.8 Å². The number of ether oxygens (including phenoxy) is 1. The summed E-state index contributed by atoms with van der Waals surface area (Å²) in [5.74, 6) is 0.267. The van der Waals surface area contributed by atoms with Crippen LogP contribution in [0.2, 0.25) is 0 Å². The second kappa shape index (κ2) is 13.1. The van der Waals surface area contributed by atoms with Gasteiger partial charge in [-0.1, -0.05) is 62.4 Å². The Morgan fingerprint density at radius 1 is 0.872 bits per heavy atom. The molecule has 2 amide bonds. The molecule has 204 valence electrons. The number of nitrogens with zero attached hydrogens (tertiary/aromatic N) is 2. The Kier molecular flexibility index (Phi) is 9.36. The number of hydrogen-bond donors (Lipinski definition) is 1. The number of para-hydroxylation sites is 2. The van der Waals surface area contributed by atoms with Gasteiger partial charge in [0.2, 0.25) is 11.8 Å². The van der Waals surface area contributed by atoms with Crippen LogP contribution in [0.1, 0.15) is 37.0 Å². The Hall–Kier alpha value is -4.13. The van der Waals surface area contributed by atoms with E-state index in [4.69, 9.17) is 4.74 Å².